The van der Waals surface area contributed by atoms with Crippen LogP contribution < -0.4 is 4.72 Å². The van der Waals surface area contributed by atoms with Gasteiger partial charge in [-0.05, 0) is 42.3 Å². The highest BCUT2D eigenvalue weighted by molar-refractivity contribution is 7.92. The highest BCUT2D eigenvalue weighted by atomic mass is 32.2. The Balaban J connectivity index is 1.96. The highest BCUT2D eigenvalue weighted by Crippen LogP contribution is 2.27. The van der Waals surface area contributed by atoms with Gasteiger partial charge in [-0.2, -0.15) is 0 Å². The number of hydrogen-bond acceptors (Lipinski definition) is 3. The molecule has 0 saturated heterocycles. The number of sulfonamides is 1. The summed E-state index contributed by atoms with van der Waals surface area (Å²) in [4.78, 5) is 7.33. The quantitative estimate of drug-likeness (QED) is 0.778. The Morgan fingerprint density at radius 1 is 1.14 bits per heavy atom. The molecule has 21 heavy (non-hydrogen) atoms. The Bertz CT molecular complexity index is 867. The molecule has 0 unspecified atom stereocenters. The van der Waals surface area contributed by atoms with E-state index in [9.17, 15) is 8.42 Å². The van der Waals surface area contributed by atoms with Gasteiger partial charge in [0, 0.05) is 23.5 Å². The number of benzene rings is 1. The predicted octanol–water partition coefficient (Wildman–Crippen LogP) is 2.99. The molecule has 2 N–H and O–H groups in total. The lowest BCUT2D eigenvalue weighted by molar-refractivity contribution is 0.602. The second-order valence-corrected chi connectivity index (χ2v) is 6.69. The van der Waals surface area contributed by atoms with Gasteiger partial charge in [0.05, 0.1) is 5.75 Å². The van der Waals surface area contributed by atoms with Crippen molar-refractivity contribution in [3.05, 3.63) is 48.8 Å². The fraction of sp³-hybridized carbons (Fsp3) is 0.133. The monoisotopic (exact) mass is 301 g/mol. The van der Waals surface area contributed by atoms with Crippen molar-refractivity contribution in [1.82, 2.24) is 9.97 Å². The molecular formula is C15H15N3O2S. The van der Waals surface area contributed by atoms with Gasteiger partial charge in [-0.3, -0.25) is 4.72 Å². The van der Waals surface area contributed by atoms with Crippen molar-refractivity contribution in [3.63, 3.8) is 0 Å². The maximum atomic E-state index is 11.5. The summed E-state index contributed by atoms with van der Waals surface area (Å²) in [5.41, 5.74) is 3.48. The standard InChI is InChI=1S/C15H15N3O2S/c1-2-21(19,20)18-12-5-3-11(4-6-12)13-7-9-16-15-14(13)8-10-17-15/h3-10,18H,2H2,1H3,(H,16,17). The molecular weight excluding hydrogens is 286 g/mol. The van der Waals surface area contributed by atoms with Crippen LogP contribution in [0.2, 0.25) is 0 Å². The van der Waals surface area contributed by atoms with Gasteiger partial charge in [0.25, 0.3) is 0 Å². The first-order chi connectivity index (χ1) is 10.1. The van der Waals surface area contributed by atoms with Crippen LogP contribution in [0.3, 0.4) is 0 Å². The number of pyridine rings is 1. The molecule has 6 heteroatoms. The van der Waals surface area contributed by atoms with Gasteiger partial charge >= 0.3 is 0 Å². The number of fused-ring (bicyclic) bond motifs is 1. The molecule has 0 aliphatic rings. The van der Waals surface area contributed by atoms with Crippen LogP contribution in [0, 0.1) is 0 Å². The molecule has 3 aromatic rings. The van der Waals surface area contributed by atoms with Crippen LogP contribution >= 0.6 is 0 Å². The lowest BCUT2D eigenvalue weighted by atomic mass is 10.0. The van der Waals surface area contributed by atoms with Crippen LogP contribution in [0.4, 0.5) is 5.69 Å². The van der Waals surface area contributed by atoms with Crippen LogP contribution in [0.5, 0.6) is 0 Å². The van der Waals surface area contributed by atoms with Crippen molar-refractivity contribution in [2.45, 2.75) is 6.92 Å². The number of H-pyrrole nitrogens is 1. The fourth-order valence-corrected chi connectivity index (χ4v) is 2.82. The molecule has 0 fully saturated rings. The summed E-state index contributed by atoms with van der Waals surface area (Å²) >= 11 is 0. The Morgan fingerprint density at radius 3 is 2.62 bits per heavy atom. The molecule has 0 aliphatic carbocycles. The minimum absolute atomic E-state index is 0.0586. The molecule has 0 aliphatic heterocycles. The van der Waals surface area contributed by atoms with Gasteiger partial charge < -0.3 is 4.98 Å². The summed E-state index contributed by atoms with van der Waals surface area (Å²) in [5, 5.41) is 1.04. The molecule has 5 nitrogen and oxygen atoms in total. The van der Waals surface area contributed by atoms with E-state index < -0.39 is 10.0 Å². The second kappa shape index (κ2) is 5.21. The van der Waals surface area contributed by atoms with Crippen LogP contribution in [-0.4, -0.2) is 24.1 Å². The summed E-state index contributed by atoms with van der Waals surface area (Å²) < 4.78 is 25.6. The molecule has 0 radical (unpaired) electrons. The van der Waals surface area contributed by atoms with Gasteiger partial charge in [-0.25, -0.2) is 13.4 Å². The number of hydrogen-bond donors (Lipinski definition) is 2. The van der Waals surface area contributed by atoms with Crippen LogP contribution in [0.25, 0.3) is 22.2 Å². The first kappa shape index (κ1) is 13.6. The molecule has 0 spiro atoms. The van der Waals surface area contributed by atoms with Crippen molar-refractivity contribution in [2.75, 3.05) is 10.5 Å². The Morgan fingerprint density at radius 2 is 1.90 bits per heavy atom. The maximum absolute atomic E-state index is 11.5. The van der Waals surface area contributed by atoms with E-state index >= 15 is 0 Å². The topological polar surface area (TPSA) is 74.8 Å². The molecule has 0 amide bonds. The lowest BCUT2D eigenvalue weighted by Crippen LogP contribution is -2.14. The van der Waals surface area contributed by atoms with Gasteiger partial charge in [-0.15, -0.1) is 0 Å². The maximum Gasteiger partial charge on any atom is 0.232 e. The molecule has 0 bridgehead atoms. The Hall–Kier alpha value is -2.34. The number of anilines is 1. The van der Waals surface area contributed by atoms with E-state index in [2.05, 4.69) is 14.7 Å². The molecule has 2 aromatic heterocycles. The Labute approximate surface area is 123 Å². The average Bonchev–Trinajstić information content (AvgIpc) is 2.96. The number of nitrogens with one attached hydrogen (secondary N) is 2. The Kier molecular flexibility index (Phi) is 3.39. The smallest absolute Gasteiger partial charge is 0.232 e. The van der Waals surface area contributed by atoms with E-state index in [1.165, 1.54) is 0 Å². The van der Waals surface area contributed by atoms with Crippen LogP contribution in [0.1, 0.15) is 6.92 Å². The molecule has 1 aromatic carbocycles. The second-order valence-electron chi connectivity index (χ2n) is 4.68. The largest absolute Gasteiger partial charge is 0.346 e. The SMILES string of the molecule is CCS(=O)(=O)Nc1ccc(-c2ccnc3[nH]ccc23)cc1. The molecule has 3 rings (SSSR count). The summed E-state index contributed by atoms with van der Waals surface area (Å²) in [5.74, 6) is 0.0586. The van der Waals surface area contributed by atoms with E-state index in [-0.39, 0.29) is 5.75 Å². The normalized spacial score (nSPS) is 11.7. The van der Waals surface area contributed by atoms with Gasteiger partial charge in [0.15, 0.2) is 0 Å². The molecule has 2 heterocycles. The number of nitrogens with zero attached hydrogens (tertiary/aromatic N) is 1. The average molecular weight is 301 g/mol. The summed E-state index contributed by atoms with van der Waals surface area (Å²) in [6.45, 7) is 1.61. The third kappa shape index (κ3) is 2.75. The summed E-state index contributed by atoms with van der Waals surface area (Å²) in [6.07, 6.45) is 3.60. The van der Waals surface area contributed by atoms with Gasteiger partial charge in [0.1, 0.15) is 5.65 Å². The first-order valence-corrected chi connectivity index (χ1v) is 8.27. The summed E-state index contributed by atoms with van der Waals surface area (Å²) in [6, 6.07) is 11.3. The van der Waals surface area contributed by atoms with Crippen molar-refractivity contribution in [1.29, 1.82) is 0 Å². The third-order valence-corrected chi connectivity index (χ3v) is 4.62. The van der Waals surface area contributed by atoms with Crippen molar-refractivity contribution < 1.29 is 8.42 Å². The fourth-order valence-electron chi connectivity index (χ4n) is 2.18. The van der Waals surface area contributed by atoms with E-state index in [1.807, 2.05) is 30.5 Å². The van der Waals surface area contributed by atoms with E-state index in [0.29, 0.717) is 5.69 Å². The minimum Gasteiger partial charge on any atom is -0.346 e. The molecule has 0 atom stereocenters. The van der Waals surface area contributed by atoms with Crippen molar-refractivity contribution in [2.24, 2.45) is 0 Å². The van der Waals surface area contributed by atoms with E-state index in [4.69, 9.17) is 0 Å². The summed E-state index contributed by atoms with van der Waals surface area (Å²) in [7, 11) is -3.24. The van der Waals surface area contributed by atoms with E-state index in [1.54, 1.807) is 25.3 Å². The zero-order valence-electron chi connectivity index (χ0n) is 11.5. The predicted molar refractivity (Wildman–Crippen MR) is 84.6 cm³/mol. The highest BCUT2D eigenvalue weighted by Gasteiger charge is 2.08. The zero-order chi connectivity index (χ0) is 14.9. The molecule has 0 saturated carbocycles. The minimum atomic E-state index is -3.24. The van der Waals surface area contributed by atoms with Crippen LogP contribution in [0.15, 0.2) is 48.8 Å². The third-order valence-electron chi connectivity index (χ3n) is 3.31. The number of aromatic amines is 1. The van der Waals surface area contributed by atoms with Crippen molar-refractivity contribution in [3.8, 4) is 11.1 Å². The van der Waals surface area contributed by atoms with Crippen LogP contribution in [-0.2, 0) is 10.0 Å². The van der Waals surface area contributed by atoms with Crippen molar-refractivity contribution >= 4 is 26.7 Å². The zero-order valence-corrected chi connectivity index (χ0v) is 12.3. The molecule has 108 valence electrons. The first-order valence-electron chi connectivity index (χ1n) is 6.62. The number of rotatable bonds is 4. The number of aromatic nitrogens is 2. The van der Waals surface area contributed by atoms with Gasteiger partial charge in [0.2, 0.25) is 10.0 Å². The lowest BCUT2D eigenvalue weighted by Gasteiger charge is -2.08. The van der Waals surface area contributed by atoms with Gasteiger partial charge in [-0.1, -0.05) is 12.1 Å². The van der Waals surface area contributed by atoms with E-state index in [0.717, 1.165) is 22.2 Å².